The van der Waals surface area contributed by atoms with E-state index < -0.39 is 0 Å². The number of aryl methyl sites for hydroxylation is 1. The number of nitrogens with one attached hydrogen (secondary N) is 1. The van der Waals surface area contributed by atoms with E-state index in [1.54, 1.807) is 0 Å². The molecule has 0 fully saturated rings. The molecule has 0 atom stereocenters. The standard InChI is InChI=1S/C9H7BrClN/c1-5-2-6-7(10)4-12-9(6)8(11)3-5/h2-4,12H,1H3. The highest BCUT2D eigenvalue weighted by molar-refractivity contribution is 9.10. The monoisotopic (exact) mass is 243 g/mol. The number of H-pyrrole nitrogens is 1. The second kappa shape index (κ2) is 2.79. The first-order valence-corrected chi connectivity index (χ1v) is 4.78. The van der Waals surface area contributed by atoms with Crippen LogP contribution in [0, 0.1) is 6.92 Å². The molecule has 1 aromatic heterocycles. The van der Waals surface area contributed by atoms with Crippen LogP contribution in [0.1, 0.15) is 5.56 Å². The Labute approximate surface area is 83.9 Å². The Morgan fingerprint density at radius 3 is 2.92 bits per heavy atom. The Bertz CT molecular complexity index is 433. The van der Waals surface area contributed by atoms with Crippen LogP contribution in [0.3, 0.4) is 0 Å². The van der Waals surface area contributed by atoms with Crippen LogP contribution in [-0.4, -0.2) is 4.98 Å². The van der Waals surface area contributed by atoms with Crippen molar-refractivity contribution in [1.29, 1.82) is 0 Å². The summed E-state index contributed by atoms with van der Waals surface area (Å²) in [6.07, 6.45) is 1.90. The lowest BCUT2D eigenvalue weighted by Crippen LogP contribution is -1.74. The zero-order chi connectivity index (χ0) is 8.72. The van der Waals surface area contributed by atoms with Crippen LogP contribution in [0.4, 0.5) is 0 Å². The molecule has 12 heavy (non-hydrogen) atoms. The molecule has 0 saturated heterocycles. The number of hydrogen-bond acceptors (Lipinski definition) is 0. The maximum absolute atomic E-state index is 6.02. The van der Waals surface area contributed by atoms with Gasteiger partial charge in [0.1, 0.15) is 0 Å². The van der Waals surface area contributed by atoms with E-state index in [2.05, 4.69) is 27.0 Å². The second-order valence-corrected chi connectivity index (χ2v) is 4.07. The van der Waals surface area contributed by atoms with Crippen LogP contribution in [0.25, 0.3) is 10.9 Å². The van der Waals surface area contributed by atoms with E-state index in [0.717, 1.165) is 20.4 Å². The molecule has 1 aromatic carbocycles. The summed E-state index contributed by atoms with van der Waals surface area (Å²) in [7, 11) is 0. The number of rotatable bonds is 0. The van der Waals surface area contributed by atoms with Crippen molar-refractivity contribution in [1.82, 2.24) is 4.98 Å². The molecule has 1 heterocycles. The molecule has 0 aliphatic carbocycles. The fourth-order valence-electron chi connectivity index (χ4n) is 1.29. The Hall–Kier alpha value is -0.470. The maximum atomic E-state index is 6.02. The molecule has 1 N–H and O–H groups in total. The average Bonchev–Trinajstić information content (AvgIpc) is 2.33. The summed E-state index contributed by atoms with van der Waals surface area (Å²) in [5.74, 6) is 0. The fraction of sp³-hybridized carbons (Fsp3) is 0.111. The molecule has 0 aliphatic rings. The van der Waals surface area contributed by atoms with Crippen LogP contribution < -0.4 is 0 Å². The van der Waals surface area contributed by atoms with Gasteiger partial charge < -0.3 is 4.98 Å². The quantitative estimate of drug-likeness (QED) is 0.724. The molecule has 0 spiro atoms. The second-order valence-electron chi connectivity index (χ2n) is 2.81. The number of fused-ring (bicyclic) bond motifs is 1. The Balaban J connectivity index is 2.92. The fourth-order valence-corrected chi connectivity index (χ4v) is 2.05. The molecular formula is C9H7BrClN. The number of aromatic nitrogens is 1. The van der Waals surface area contributed by atoms with Gasteiger partial charge in [-0.1, -0.05) is 11.6 Å². The van der Waals surface area contributed by atoms with Crippen LogP contribution in [0.15, 0.2) is 22.8 Å². The van der Waals surface area contributed by atoms with E-state index in [1.807, 2.05) is 19.2 Å². The van der Waals surface area contributed by atoms with Gasteiger partial charge in [-0.2, -0.15) is 0 Å². The molecule has 3 heteroatoms. The third-order valence-corrected chi connectivity index (χ3v) is 2.79. The van der Waals surface area contributed by atoms with Gasteiger partial charge in [0.15, 0.2) is 0 Å². The van der Waals surface area contributed by atoms with Gasteiger partial charge in [-0.05, 0) is 40.5 Å². The Morgan fingerprint density at radius 1 is 1.42 bits per heavy atom. The summed E-state index contributed by atoms with van der Waals surface area (Å²) in [5, 5.41) is 1.91. The highest BCUT2D eigenvalue weighted by Crippen LogP contribution is 2.29. The predicted molar refractivity (Wildman–Crippen MR) is 55.7 cm³/mol. The van der Waals surface area contributed by atoms with Crippen molar-refractivity contribution in [2.24, 2.45) is 0 Å². The average molecular weight is 245 g/mol. The van der Waals surface area contributed by atoms with Gasteiger partial charge in [-0.3, -0.25) is 0 Å². The van der Waals surface area contributed by atoms with Crippen molar-refractivity contribution in [3.05, 3.63) is 33.4 Å². The molecule has 0 aliphatic heterocycles. The number of benzene rings is 1. The van der Waals surface area contributed by atoms with Gasteiger partial charge in [-0.25, -0.2) is 0 Å². The summed E-state index contributed by atoms with van der Waals surface area (Å²) < 4.78 is 1.06. The van der Waals surface area contributed by atoms with Gasteiger partial charge >= 0.3 is 0 Å². The minimum Gasteiger partial charge on any atom is -0.359 e. The molecule has 62 valence electrons. The largest absolute Gasteiger partial charge is 0.359 e. The summed E-state index contributed by atoms with van der Waals surface area (Å²) >= 11 is 9.47. The predicted octanol–water partition coefficient (Wildman–Crippen LogP) is 3.89. The minimum absolute atomic E-state index is 0.774. The third kappa shape index (κ3) is 1.15. The lowest BCUT2D eigenvalue weighted by molar-refractivity contribution is 1.45. The maximum Gasteiger partial charge on any atom is 0.0655 e. The highest BCUT2D eigenvalue weighted by Gasteiger charge is 2.04. The van der Waals surface area contributed by atoms with Crippen LogP contribution >= 0.6 is 27.5 Å². The normalized spacial score (nSPS) is 10.9. The summed E-state index contributed by atoms with van der Waals surface area (Å²) in [4.78, 5) is 3.10. The summed E-state index contributed by atoms with van der Waals surface area (Å²) in [5.41, 5.74) is 2.17. The molecule has 0 radical (unpaired) electrons. The van der Waals surface area contributed by atoms with Gasteiger partial charge in [0.05, 0.1) is 10.5 Å². The molecule has 2 aromatic rings. The van der Waals surface area contributed by atoms with E-state index in [-0.39, 0.29) is 0 Å². The third-order valence-electron chi connectivity index (χ3n) is 1.84. The van der Waals surface area contributed by atoms with Gasteiger partial charge in [0, 0.05) is 16.1 Å². The zero-order valence-electron chi connectivity index (χ0n) is 6.49. The van der Waals surface area contributed by atoms with Crippen molar-refractivity contribution in [3.63, 3.8) is 0 Å². The molecule has 2 rings (SSSR count). The summed E-state index contributed by atoms with van der Waals surface area (Å²) in [6.45, 7) is 2.03. The topological polar surface area (TPSA) is 15.8 Å². The lowest BCUT2D eigenvalue weighted by Gasteiger charge is -1.96. The van der Waals surface area contributed by atoms with Crippen LogP contribution in [0.2, 0.25) is 5.02 Å². The molecular weight excluding hydrogens is 237 g/mol. The Kier molecular flexibility index (Phi) is 1.89. The molecule has 0 bridgehead atoms. The van der Waals surface area contributed by atoms with E-state index in [0.29, 0.717) is 0 Å². The number of hydrogen-bond donors (Lipinski definition) is 1. The number of halogens is 2. The number of aromatic amines is 1. The highest BCUT2D eigenvalue weighted by atomic mass is 79.9. The van der Waals surface area contributed by atoms with Gasteiger partial charge in [0.2, 0.25) is 0 Å². The van der Waals surface area contributed by atoms with Crippen molar-refractivity contribution < 1.29 is 0 Å². The first-order valence-electron chi connectivity index (χ1n) is 3.61. The zero-order valence-corrected chi connectivity index (χ0v) is 8.83. The molecule has 0 amide bonds. The van der Waals surface area contributed by atoms with Gasteiger partial charge in [0.25, 0.3) is 0 Å². The molecule has 1 nitrogen and oxygen atoms in total. The minimum atomic E-state index is 0.774. The first kappa shape index (κ1) is 8.14. The molecule has 0 unspecified atom stereocenters. The Morgan fingerprint density at radius 2 is 2.17 bits per heavy atom. The van der Waals surface area contributed by atoms with E-state index in [9.17, 15) is 0 Å². The van der Waals surface area contributed by atoms with E-state index in [1.165, 1.54) is 5.56 Å². The van der Waals surface area contributed by atoms with E-state index >= 15 is 0 Å². The van der Waals surface area contributed by atoms with Crippen LogP contribution in [-0.2, 0) is 0 Å². The van der Waals surface area contributed by atoms with Crippen LogP contribution in [0.5, 0.6) is 0 Å². The summed E-state index contributed by atoms with van der Waals surface area (Å²) in [6, 6.07) is 4.05. The van der Waals surface area contributed by atoms with Gasteiger partial charge in [-0.15, -0.1) is 0 Å². The van der Waals surface area contributed by atoms with E-state index in [4.69, 9.17) is 11.6 Å². The van der Waals surface area contributed by atoms with Crippen molar-refractivity contribution in [2.75, 3.05) is 0 Å². The first-order chi connectivity index (χ1) is 5.68. The lowest BCUT2D eigenvalue weighted by atomic mass is 10.2. The molecule has 0 saturated carbocycles. The van der Waals surface area contributed by atoms with Crippen molar-refractivity contribution >= 4 is 38.4 Å². The smallest absolute Gasteiger partial charge is 0.0655 e. The van der Waals surface area contributed by atoms with Crippen molar-refractivity contribution in [2.45, 2.75) is 6.92 Å². The SMILES string of the molecule is Cc1cc(Cl)c2[nH]cc(Br)c2c1. The van der Waals surface area contributed by atoms with Crippen molar-refractivity contribution in [3.8, 4) is 0 Å².